The lowest BCUT2D eigenvalue weighted by Gasteiger charge is -2.17. The molecule has 3 amide bonds. The summed E-state index contributed by atoms with van der Waals surface area (Å²) >= 11 is 0.936. The number of ether oxygens (including phenoxy) is 1. The summed E-state index contributed by atoms with van der Waals surface area (Å²) in [5, 5.41) is 2.87. The SMILES string of the molecule is CCOC(=O)c1c(NC(=O)CCCC(=O)N(C)c2ccccc2)sc(C(N)=O)c1C. The molecule has 0 unspecified atom stereocenters. The highest BCUT2D eigenvalue weighted by molar-refractivity contribution is 7.18. The molecule has 2 aromatic rings. The van der Waals surface area contributed by atoms with Gasteiger partial charge in [-0.2, -0.15) is 0 Å². The summed E-state index contributed by atoms with van der Waals surface area (Å²) in [5.41, 5.74) is 6.64. The first-order valence-electron chi connectivity index (χ1n) is 9.48. The molecule has 1 heterocycles. The number of rotatable bonds is 9. The second-order valence-corrected chi connectivity index (χ2v) is 7.56. The van der Waals surface area contributed by atoms with Crippen LogP contribution in [-0.2, 0) is 14.3 Å². The molecule has 30 heavy (non-hydrogen) atoms. The molecule has 1 aromatic heterocycles. The Kier molecular flexibility index (Phi) is 8.11. The average molecular weight is 432 g/mol. The van der Waals surface area contributed by atoms with Crippen LogP contribution < -0.4 is 16.0 Å². The number of nitrogens with two attached hydrogens (primary N) is 1. The number of hydrogen-bond donors (Lipinski definition) is 2. The van der Waals surface area contributed by atoms with Crippen molar-refractivity contribution < 1.29 is 23.9 Å². The first-order valence-corrected chi connectivity index (χ1v) is 10.3. The van der Waals surface area contributed by atoms with Gasteiger partial charge in [0, 0.05) is 25.6 Å². The summed E-state index contributed by atoms with van der Waals surface area (Å²) in [4.78, 5) is 50.2. The first kappa shape index (κ1) is 23.1. The fourth-order valence-corrected chi connectivity index (χ4v) is 3.90. The van der Waals surface area contributed by atoms with Crippen LogP contribution >= 0.6 is 11.3 Å². The van der Waals surface area contributed by atoms with Crippen LogP contribution in [0.4, 0.5) is 10.7 Å². The zero-order valence-electron chi connectivity index (χ0n) is 17.2. The summed E-state index contributed by atoms with van der Waals surface area (Å²) in [7, 11) is 1.68. The number of para-hydroxylation sites is 1. The van der Waals surface area contributed by atoms with E-state index in [9.17, 15) is 19.2 Å². The van der Waals surface area contributed by atoms with E-state index in [4.69, 9.17) is 10.5 Å². The van der Waals surface area contributed by atoms with Crippen molar-refractivity contribution in [3.63, 3.8) is 0 Å². The molecular weight excluding hydrogens is 406 g/mol. The zero-order chi connectivity index (χ0) is 22.3. The molecule has 9 heteroatoms. The lowest BCUT2D eigenvalue weighted by atomic mass is 10.1. The van der Waals surface area contributed by atoms with Crippen LogP contribution in [0.3, 0.4) is 0 Å². The van der Waals surface area contributed by atoms with Gasteiger partial charge >= 0.3 is 5.97 Å². The van der Waals surface area contributed by atoms with Crippen molar-refractivity contribution in [2.24, 2.45) is 5.73 Å². The van der Waals surface area contributed by atoms with E-state index in [1.54, 1.807) is 25.8 Å². The molecule has 0 saturated heterocycles. The van der Waals surface area contributed by atoms with Gasteiger partial charge in [0.1, 0.15) is 5.00 Å². The van der Waals surface area contributed by atoms with E-state index in [-0.39, 0.29) is 46.7 Å². The predicted molar refractivity (Wildman–Crippen MR) is 116 cm³/mol. The molecule has 2 rings (SSSR count). The normalized spacial score (nSPS) is 10.4. The summed E-state index contributed by atoms with van der Waals surface area (Å²) in [6.07, 6.45) is 0.614. The second kappa shape index (κ2) is 10.5. The minimum atomic E-state index is -0.682. The van der Waals surface area contributed by atoms with E-state index in [1.807, 2.05) is 30.3 Å². The first-order chi connectivity index (χ1) is 14.3. The molecule has 0 atom stereocenters. The van der Waals surface area contributed by atoms with Gasteiger partial charge in [-0.1, -0.05) is 18.2 Å². The van der Waals surface area contributed by atoms with Gasteiger partial charge in [0.25, 0.3) is 5.91 Å². The molecular formula is C21H25N3O5S. The molecule has 0 radical (unpaired) electrons. The highest BCUT2D eigenvalue weighted by Crippen LogP contribution is 2.33. The number of hydrogen-bond acceptors (Lipinski definition) is 6. The Morgan fingerprint density at radius 3 is 2.40 bits per heavy atom. The summed E-state index contributed by atoms with van der Waals surface area (Å²) in [6, 6.07) is 9.22. The highest BCUT2D eigenvalue weighted by Gasteiger charge is 2.25. The Morgan fingerprint density at radius 2 is 1.80 bits per heavy atom. The van der Waals surface area contributed by atoms with Crippen molar-refractivity contribution in [3.05, 3.63) is 46.3 Å². The van der Waals surface area contributed by atoms with Crippen molar-refractivity contribution in [1.82, 2.24) is 0 Å². The number of carbonyl (C=O) groups excluding carboxylic acids is 4. The molecule has 0 aliphatic rings. The molecule has 160 valence electrons. The minimum absolute atomic E-state index is 0.0828. The molecule has 0 fully saturated rings. The second-order valence-electron chi connectivity index (χ2n) is 6.54. The van der Waals surface area contributed by atoms with Gasteiger partial charge in [-0.15, -0.1) is 11.3 Å². The van der Waals surface area contributed by atoms with Crippen LogP contribution in [0.15, 0.2) is 30.3 Å². The maximum absolute atomic E-state index is 12.4. The van der Waals surface area contributed by atoms with E-state index >= 15 is 0 Å². The Balaban J connectivity index is 1.99. The van der Waals surface area contributed by atoms with Crippen molar-refractivity contribution in [2.45, 2.75) is 33.1 Å². The van der Waals surface area contributed by atoms with Gasteiger partial charge in [0.2, 0.25) is 11.8 Å². The third-order valence-corrected chi connectivity index (χ3v) is 5.64. The average Bonchev–Trinajstić information content (AvgIpc) is 3.04. The Hall–Kier alpha value is -3.20. The Labute approximate surface area is 179 Å². The van der Waals surface area contributed by atoms with E-state index < -0.39 is 11.9 Å². The molecule has 0 aliphatic heterocycles. The summed E-state index contributed by atoms with van der Waals surface area (Å²) in [6.45, 7) is 3.40. The molecule has 0 spiro atoms. The third kappa shape index (κ3) is 5.66. The number of amides is 3. The molecule has 0 saturated carbocycles. The maximum atomic E-state index is 12.4. The van der Waals surface area contributed by atoms with Crippen molar-refractivity contribution in [2.75, 3.05) is 23.9 Å². The number of esters is 1. The molecule has 0 bridgehead atoms. The van der Waals surface area contributed by atoms with E-state index in [0.29, 0.717) is 12.0 Å². The summed E-state index contributed by atoms with van der Waals surface area (Å²) < 4.78 is 5.02. The number of thiophene rings is 1. The molecule has 1 aromatic carbocycles. The molecule has 0 aliphatic carbocycles. The van der Waals surface area contributed by atoms with Gasteiger partial charge in [0.05, 0.1) is 17.0 Å². The van der Waals surface area contributed by atoms with Crippen LogP contribution in [0.5, 0.6) is 0 Å². The maximum Gasteiger partial charge on any atom is 0.341 e. The Morgan fingerprint density at radius 1 is 1.13 bits per heavy atom. The van der Waals surface area contributed by atoms with Gasteiger partial charge in [-0.3, -0.25) is 14.4 Å². The lowest BCUT2D eigenvalue weighted by molar-refractivity contribution is -0.118. The van der Waals surface area contributed by atoms with E-state index in [0.717, 1.165) is 17.0 Å². The third-order valence-electron chi connectivity index (χ3n) is 4.42. The van der Waals surface area contributed by atoms with Crippen molar-refractivity contribution in [1.29, 1.82) is 0 Å². The largest absolute Gasteiger partial charge is 0.462 e. The standard InChI is InChI=1S/C21H25N3O5S/c1-4-29-21(28)17-13(2)18(19(22)27)30-20(17)23-15(25)11-8-12-16(26)24(3)14-9-6-5-7-10-14/h5-7,9-10H,4,8,11-12H2,1-3H3,(H2,22,27)(H,23,25). The number of anilines is 2. The quantitative estimate of drug-likeness (QED) is 0.591. The number of nitrogens with zero attached hydrogens (tertiary/aromatic N) is 1. The smallest absolute Gasteiger partial charge is 0.341 e. The lowest BCUT2D eigenvalue weighted by Crippen LogP contribution is -2.26. The zero-order valence-corrected chi connectivity index (χ0v) is 18.0. The van der Waals surface area contributed by atoms with Gasteiger partial charge in [-0.25, -0.2) is 4.79 Å². The fraction of sp³-hybridized carbons (Fsp3) is 0.333. The van der Waals surface area contributed by atoms with Crippen LogP contribution in [0, 0.1) is 6.92 Å². The van der Waals surface area contributed by atoms with Crippen LogP contribution in [0.2, 0.25) is 0 Å². The van der Waals surface area contributed by atoms with Crippen LogP contribution in [-0.4, -0.2) is 37.3 Å². The van der Waals surface area contributed by atoms with Gasteiger partial charge in [0.15, 0.2) is 0 Å². The minimum Gasteiger partial charge on any atom is -0.462 e. The number of carbonyl (C=O) groups is 4. The molecule has 3 N–H and O–H groups in total. The van der Waals surface area contributed by atoms with Crippen molar-refractivity contribution >= 4 is 45.7 Å². The van der Waals surface area contributed by atoms with Gasteiger partial charge < -0.3 is 20.7 Å². The highest BCUT2D eigenvalue weighted by atomic mass is 32.1. The Bertz CT molecular complexity index is 940. The predicted octanol–water partition coefficient (Wildman–Crippen LogP) is 3.10. The fourth-order valence-electron chi connectivity index (χ4n) is 2.84. The van der Waals surface area contributed by atoms with Crippen LogP contribution in [0.1, 0.15) is 51.8 Å². The number of primary amides is 1. The number of nitrogens with one attached hydrogen (secondary N) is 1. The summed E-state index contributed by atoms with van der Waals surface area (Å²) in [5.74, 6) is -1.79. The molecule has 8 nitrogen and oxygen atoms in total. The number of benzene rings is 1. The van der Waals surface area contributed by atoms with Crippen LogP contribution in [0.25, 0.3) is 0 Å². The topological polar surface area (TPSA) is 119 Å². The van der Waals surface area contributed by atoms with Gasteiger partial charge in [-0.05, 0) is 38.0 Å². The monoisotopic (exact) mass is 431 g/mol. The van der Waals surface area contributed by atoms with E-state index in [2.05, 4.69) is 5.32 Å². The van der Waals surface area contributed by atoms with Crippen molar-refractivity contribution in [3.8, 4) is 0 Å². The van der Waals surface area contributed by atoms with E-state index in [1.165, 1.54) is 0 Å².